The zero-order valence-electron chi connectivity index (χ0n) is 11.1. The molecule has 1 fully saturated rings. The summed E-state index contributed by atoms with van der Waals surface area (Å²) in [5, 5.41) is 0.741. The van der Waals surface area contributed by atoms with Crippen molar-refractivity contribution in [2.75, 3.05) is 0 Å². The van der Waals surface area contributed by atoms with Gasteiger partial charge in [0, 0.05) is 16.4 Å². The molecule has 100 valence electrons. The van der Waals surface area contributed by atoms with Crippen molar-refractivity contribution in [2.45, 2.75) is 44.4 Å². The summed E-state index contributed by atoms with van der Waals surface area (Å²) in [5.74, 6) is 0.609. The molecule has 1 N–H and O–H groups in total. The van der Waals surface area contributed by atoms with Crippen molar-refractivity contribution in [1.82, 2.24) is 4.72 Å². The first-order valence-electron chi connectivity index (χ1n) is 6.31. The van der Waals surface area contributed by atoms with Gasteiger partial charge in [0.15, 0.2) is 0 Å². The Morgan fingerprint density at radius 2 is 1.83 bits per heavy atom. The minimum atomic E-state index is -1.04. The first-order chi connectivity index (χ1) is 8.38. The lowest BCUT2D eigenvalue weighted by Gasteiger charge is -2.28. The second-order valence-corrected chi connectivity index (χ2v) is 8.30. The van der Waals surface area contributed by atoms with E-state index in [1.165, 1.54) is 18.4 Å². The van der Waals surface area contributed by atoms with E-state index >= 15 is 0 Å². The van der Waals surface area contributed by atoms with E-state index in [9.17, 15) is 4.55 Å². The van der Waals surface area contributed by atoms with E-state index in [1.54, 1.807) is 0 Å². The van der Waals surface area contributed by atoms with Crippen molar-refractivity contribution >= 4 is 23.0 Å². The number of benzene rings is 1. The molecule has 18 heavy (non-hydrogen) atoms. The Balaban J connectivity index is 2.11. The largest absolute Gasteiger partial charge is 0.598 e. The van der Waals surface area contributed by atoms with Crippen LogP contribution < -0.4 is 4.72 Å². The summed E-state index contributed by atoms with van der Waals surface area (Å²) in [4.78, 5) is 0. The molecular formula is C14H20ClNOS. The molecule has 2 rings (SSSR count). The molecule has 1 saturated carbocycles. The standard InChI is InChI=1S/C14H20ClNOS/c1-14(2,3)18(17)16-13(10-4-5-10)11-6-8-12(15)9-7-11/h6-10,13,16H,4-5H2,1-3H3/t13-,18+/m0/s1. The molecule has 1 aromatic rings. The Morgan fingerprint density at radius 1 is 1.28 bits per heavy atom. The molecule has 4 heteroatoms. The van der Waals surface area contributed by atoms with E-state index in [1.807, 2.05) is 45.0 Å². The van der Waals surface area contributed by atoms with Gasteiger partial charge in [-0.2, -0.15) is 0 Å². The predicted molar refractivity (Wildman–Crippen MR) is 77.9 cm³/mol. The summed E-state index contributed by atoms with van der Waals surface area (Å²) < 4.78 is 15.3. The van der Waals surface area contributed by atoms with Gasteiger partial charge in [-0.3, -0.25) is 0 Å². The summed E-state index contributed by atoms with van der Waals surface area (Å²) in [5.41, 5.74) is 1.18. The van der Waals surface area contributed by atoms with E-state index in [4.69, 9.17) is 11.6 Å². The van der Waals surface area contributed by atoms with E-state index in [0.717, 1.165) is 5.02 Å². The van der Waals surface area contributed by atoms with Crippen LogP contribution in [0.15, 0.2) is 24.3 Å². The minimum Gasteiger partial charge on any atom is -0.598 e. The lowest BCUT2D eigenvalue weighted by molar-refractivity contribution is 0.503. The Labute approximate surface area is 117 Å². The van der Waals surface area contributed by atoms with Crippen LogP contribution in [0.2, 0.25) is 5.02 Å². The number of halogens is 1. The highest BCUT2D eigenvalue weighted by Crippen LogP contribution is 2.42. The Kier molecular flexibility index (Phi) is 4.27. The molecule has 1 aromatic carbocycles. The maximum absolute atomic E-state index is 12.2. The monoisotopic (exact) mass is 285 g/mol. The molecule has 0 aromatic heterocycles. The van der Waals surface area contributed by atoms with Gasteiger partial charge in [0.25, 0.3) is 0 Å². The average molecular weight is 286 g/mol. The van der Waals surface area contributed by atoms with Crippen LogP contribution in [0.1, 0.15) is 45.2 Å². The van der Waals surface area contributed by atoms with Gasteiger partial charge in [-0.1, -0.05) is 23.7 Å². The molecule has 0 aliphatic heterocycles. The van der Waals surface area contributed by atoms with Crippen LogP contribution in [0.5, 0.6) is 0 Å². The maximum atomic E-state index is 12.2. The molecule has 0 spiro atoms. The van der Waals surface area contributed by atoms with Crippen LogP contribution in [0.4, 0.5) is 0 Å². The van der Waals surface area contributed by atoms with Crippen molar-refractivity contribution in [3.05, 3.63) is 34.9 Å². The Bertz CT molecular complexity index is 397. The summed E-state index contributed by atoms with van der Waals surface area (Å²) >= 11 is 4.87. The normalized spacial score (nSPS) is 19.6. The molecule has 0 radical (unpaired) electrons. The van der Waals surface area contributed by atoms with Crippen LogP contribution >= 0.6 is 11.6 Å². The molecule has 2 nitrogen and oxygen atoms in total. The number of rotatable bonds is 4. The second kappa shape index (κ2) is 5.41. The van der Waals surface area contributed by atoms with Crippen LogP contribution in [0, 0.1) is 5.92 Å². The fraction of sp³-hybridized carbons (Fsp3) is 0.571. The lowest BCUT2D eigenvalue weighted by Crippen LogP contribution is -2.41. The molecule has 1 aliphatic carbocycles. The molecule has 0 unspecified atom stereocenters. The summed E-state index contributed by atoms with van der Waals surface area (Å²) in [6, 6.07) is 8.03. The maximum Gasteiger partial charge on any atom is 0.136 e. The minimum absolute atomic E-state index is 0.183. The van der Waals surface area contributed by atoms with E-state index in [2.05, 4.69) is 4.72 Å². The van der Waals surface area contributed by atoms with Gasteiger partial charge in [0.05, 0.1) is 6.04 Å². The van der Waals surface area contributed by atoms with Gasteiger partial charge < -0.3 is 4.55 Å². The van der Waals surface area contributed by atoms with Crippen molar-refractivity contribution in [2.24, 2.45) is 5.92 Å². The third-order valence-corrected chi connectivity index (χ3v) is 4.95. The Hall–Kier alpha value is -0.220. The summed E-state index contributed by atoms with van der Waals surface area (Å²) in [6.07, 6.45) is 2.42. The van der Waals surface area contributed by atoms with Crippen molar-refractivity contribution in [1.29, 1.82) is 0 Å². The van der Waals surface area contributed by atoms with E-state index < -0.39 is 11.4 Å². The van der Waals surface area contributed by atoms with Crippen LogP contribution in [0.25, 0.3) is 0 Å². The second-order valence-electron chi connectivity index (χ2n) is 5.87. The van der Waals surface area contributed by atoms with E-state index in [0.29, 0.717) is 5.92 Å². The van der Waals surface area contributed by atoms with Crippen molar-refractivity contribution < 1.29 is 4.55 Å². The van der Waals surface area contributed by atoms with Gasteiger partial charge in [-0.25, -0.2) is 0 Å². The molecule has 0 saturated heterocycles. The highest BCUT2D eigenvalue weighted by molar-refractivity contribution is 7.90. The molecule has 0 heterocycles. The summed E-state index contributed by atoms with van der Waals surface area (Å²) in [7, 11) is 0. The smallest absolute Gasteiger partial charge is 0.136 e. The van der Waals surface area contributed by atoms with Crippen molar-refractivity contribution in [3.63, 3.8) is 0 Å². The molecule has 1 aliphatic rings. The van der Waals surface area contributed by atoms with Crippen molar-refractivity contribution in [3.8, 4) is 0 Å². The topological polar surface area (TPSA) is 35.1 Å². The number of nitrogens with one attached hydrogen (secondary N) is 1. The lowest BCUT2D eigenvalue weighted by atomic mass is 10.0. The quantitative estimate of drug-likeness (QED) is 0.853. The zero-order chi connectivity index (χ0) is 13.3. The zero-order valence-corrected chi connectivity index (χ0v) is 12.6. The van der Waals surface area contributed by atoms with Gasteiger partial charge >= 0.3 is 0 Å². The number of hydrogen-bond acceptors (Lipinski definition) is 2. The van der Waals surface area contributed by atoms with Crippen LogP contribution in [0.3, 0.4) is 0 Å². The first kappa shape index (κ1) is 14.2. The van der Waals surface area contributed by atoms with E-state index in [-0.39, 0.29) is 10.8 Å². The van der Waals surface area contributed by atoms with Crippen LogP contribution in [-0.4, -0.2) is 9.30 Å². The van der Waals surface area contributed by atoms with Crippen LogP contribution in [-0.2, 0) is 11.4 Å². The highest BCUT2D eigenvalue weighted by Gasteiger charge is 2.38. The van der Waals surface area contributed by atoms with Gasteiger partial charge in [-0.05, 0) is 57.2 Å². The molecular weight excluding hydrogens is 266 g/mol. The molecule has 0 bridgehead atoms. The third kappa shape index (κ3) is 3.64. The molecule has 2 atom stereocenters. The third-order valence-electron chi connectivity index (χ3n) is 3.11. The Morgan fingerprint density at radius 3 is 2.28 bits per heavy atom. The van der Waals surface area contributed by atoms with Gasteiger partial charge in [0.2, 0.25) is 0 Å². The fourth-order valence-electron chi connectivity index (χ4n) is 1.83. The molecule has 0 amide bonds. The number of hydrogen-bond donors (Lipinski definition) is 1. The van der Waals surface area contributed by atoms with Gasteiger partial charge in [0.1, 0.15) is 4.75 Å². The SMILES string of the molecule is CC(C)(C)[S@@+]([O-])N[C@H](c1ccc(Cl)cc1)C1CC1. The van der Waals surface area contributed by atoms with Gasteiger partial charge in [-0.15, -0.1) is 4.72 Å². The first-order valence-corrected chi connectivity index (χ1v) is 7.84. The summed E-state index contributed by atoms with van der Waals surface area (Å²) in [6.45, 7) is 5.96. The predicted octanol–water partition coefficient (Wildman–Crippen LogP) is 3.84. The average Bonchev–Trinajstić information content (AvgIpc) is 3.09. The highest BCUT2D eigenvalue weighted by atomic mass is 35.5. The fourth-order valence-corrected chi connectivity index (χ4v) is 2.87.